The molecule has 2 aromatic heterocycles. The van der Waals surface area contributed by atoms with Crippen LogP contribution in [0, 0.1) is 0 Å². The number of hydrogen-bond acceptors (Lipinski definition) is 13. The van der Waals surface area contributed by atoms with Crippen molar-refractivity contribution in [1.29, 1.82) is 0 Å². The third-order valence-electron chi connectivity index (χ3n) is 12.1. The lowest BCUT2D eigenvalue weighted by Crippen LogP contribution is -2.63. The molecule has 3 N–H and O–H groups in total. The number of aromatic nitrogens is 4. The van der Waals surface area contributed by atoms with E-state index in [-0.39, 0.29) is 62.4 Å². The molecule has 0 radical (unpaired) electrons. The van der Waals surface area contributed by atoms with Crippen LogP contribution in [0.2, 0.25) is 44.3 Å². The average Bonchev–Trinajstić information content (AvgIpc) is 3.74. The van der Waals surface area contributed by atoms with Crippen molar-refractivity contribution in [3.05, 3.63) is 16.7 Å². The molecule has 59 heavy (non-hydrogen) atoms. The molecule has 0 spiro atoms. The smallest absolute Gasteiger partial charge is 0.335 e. The fourth-order valence-electron chi connectivity index (χ4n) is 8.81. The van der Waals surface area contributed by atoms with E-state index in [0.717, 1.165) is 0 Å². The second-order valence-corrected chi connectivity index (χ2v) is 36.4. The molecule has 0 aliphatic carbocycles. The number of nitrogens with two attached hydrogens (primary N) is 1. The summed E-state index contributed by atoms with van der Waals surface area (Å²) in [6.45, 7) is 37.3. The number of methoxy groups -OCH3 is 2. The van der Waals surface area contributed by atoms with E-state index < -0.39 is 58.2 Å². The van der Waals surface area contributed by atoms with Crippen LogP contribution >= 0.6 is 0 Å². The van der Waals surface area contributed by atoms with E-state index in [9.17, 15) is 4.79 Å². The van der Waals surface area contributed by atoms with Crippen molar-refractivity contribution in [2.45, 2.75) is 180 Å². The van der Waals surface area contributed by atoms with Gasteiger partial charge in [0.1, 0.15) is 12.3 Å². The van der Waals surface area contributed by atoms with Crippen LogP contribution in [0.1, 0.15) is 123 Å². The Labute approximate surface area is 359 Å². The molecular weight excluding hydrogens is 823 g/mol. The van der Waals surface area contributed by atoms with Crippen LogP contribution in [0.3, 0.4) is 0 Å². The van der Waals surface area contributed by atoms with Crippen LogP contribution in [-0.2, 0) is 40.1 Å². The zero-order valence-corrected chi connectivity index (χ0v) is 43.7. The van der Waals surface area contributed by atoms with Crippen LogP contribution in [0.5, 0.6) is 0 Å². The molecule has 1 aliphatic rings. The highest BCUT2D eigenvalue weighted by Crippen LogP contribution is 2.48. The standard InChI is InChI=1S/C40H81N5O10Si4/c1-26(2)56(27(3)4,49-21-19-47-17)54-58(30(9)10,31(11)12)51-24-35-34(23-36(52-35)45-25-42-37-38(45)43-40(41)44-39(37)46)53-59(32(13)14,33(15)16)55-57(28(5)6,29(7)8)50-22-20-48-18/h25-36H,19-24H2,1-18H3,(H3,41,43,44,46)/t34-,35+,36+/m0/s1. The number of H-pyrrole nitrogens is 1. The van der Waals surface area contributed by atoms with Crippen molar-refractivity contribution in [3.8, 4) is 0 Å². The van der Waals surface area contributed by atoms with Crippen molar-refractivity contribution >= 4 is 51.4 Å². The summed E-state index contributed by atoms with van der Waals surface area (Å²) in [6, 6.07) is 0. The summed E-state index contributed by atoms with van der Waals surface area (Å²) in [5, 5.41) is 0. The summed E-state index contributed by atoms with van der Waals surface area (Å²) in [6.07, 6.45) is 0.448. The monoisotopic (exact) mass is 904 g/mol. The molecule has 0 amide bonds. The third-order valence-corrected chi connectivity index (χ3v) is 32.6. The molecule has 19 heteroatoms. The molecule has 2 aromatic rings. The summed E-state index contributed by atoms with van der Waals surface area (Å²) < 4.78 is 63.6. The Hall–Kier alpha value is -1.34. The highest BCUT2D eigenvalue weighted by Gasteiger charge is 2.60. The van der Waals surface area contributed by atoms with Gasteiger partial charge in [-0.15, -0.1) is 0 Å². The molecule has 0 saturated carbocycles. The Morgan fingerprint density at radius 3 is 1.54 bits per heavy atom. The molecule has 15 nitrogen and oxygen atoms in total. The largest absolute Gasteiger partial charge is 0.414 e. The molecule has 1 fully saturated rings. The van der Waals surface area contributed by atoms with Crippen LogP contribution in [0.15, 0.2) is 11.1 Å². The fraction of sp³-hybridized carbons (Fsp3) is 0.875. The van der Waals surface area contributed by atoms with E-state index in [1.165, 1.54) is 0 Å². The molecule has 0 unspecified atom stereocenters. The first kappa shape index (κ1) is 52.0. The summed E-state index contributed by atoms with van der Waals surface area (Å²) in [4.78, 5) is 24.3. The van der Waals surface area contributed by atoms with E-state index in [1.54, 1.807) is 25.1 Å². The lowest BCUT2D eigenvalue weighted by atomic mass is 10.2. The Morgan fingerprint density at radius 2 is 1.12 bits per heavy atom. The van der Waals surface area contributed by atoms with Crippen molar-refractivity contribution in [2.24, 2.45) is 0 Å². The van der Waals surface area contributed by atoms with Gasteiger partial charge in [-0.25, -0.2) is 4.98 Å². The lowest BCUT2D eigenvalue weighted by molar-refractivity contribution is -0.0460. The van der Waals surface area contributed by atoms with Crippen LogP contribution in [-0.4, -0.2) is 113 Å². The molecular formula is C40H81N5O10Si4. The zero-order valence-electron chi connectivity index (χ0n) is 39.7. The van der Waals surface area contributed by atoms with Gasteiger partial charge in [0.05, 0.1) is 45.5 Å². The highest BCUT2D eigenvalue weighted by molar-refractivity contribution is 6.84. The summed E-state index contributed by atoms with van der Waals surface area (Å²) in [7, 11) is -8.68. The topological polar surface area (TPSA) is 173 Å². The molecule has 3 atom stereocenters. The number of nitrogen functional groups attached to an aromatic ring is 1. The number of rotatable bonds is 26. The van der Waals surface area contributed by atoms with E-state index in [1.807, 2.05) is 0 Å². The molecule has 0 bridgehead atoms. The Bertz CT molecular complexity index is 1610. The van der Waals surface area contributed by atoms with Gasteiger partial charge in [-0.05, 0) is 44.3 Å². The number of anilines is 1. The number of imidazole rings is 1. The van der Waals surface area contributed by atoms with Gasteiger partial charge in [-0.3, -0.25) is 14.3 Å². The third kappa shape index (κ3) is 11.3. The molecule has 342 valence electrons. The number of fused-ring (bicyclic) bond motifs is 1. The first-order valence-electron chi connectivity index (χ1n) is 21.9. The zero-order chi connectivity index (χ0) is 44.7. The van der Waals surface area contributed by atoms with Gasteiger partial charge in [0, 0.05) is 20.6 Å². The Morgan fingerprint density at radius 1 is 0.695 bits per heavy atom. The van der Waals surface area contributed by atoms with Crippen LogP contribution in [0.25, 0.3) is 11.2 Å². The Balaban J connectivity index is 2.21. The molecule has 1 saturated heterocycles. The average molecular weight is 904 g/mol. The summed E-state index contributed by atoms with van der Waals surface area (Å²) in [5.41, 5.74) is 7.06. The molecule has 3 heterocycles. The number of aromatic amines is 1. The number of nitrogens with one attached hydrogen (secondary N) is 1. The van der Waals surface area contributed by atoms with Gasteiger partial charge in [-0.2, -0.15) is 4.98 Å². The van der Waals surface area contributed by atoms with Gasteiger partial charge in [0.2, 0.25) is 5.95 Å². The molecule has 0 aromatic carbocycles. The second kappa shape index (κ2) is 21.8. The predicted octanol–water partition coefficient (Wildman–Crippen LogP) is 8.80. The summed E-state index contributed by atoms with van der Waals surface area (Å²) >= 11 is 0. The second-order valence-electron chi connectivity index (χ2n) is 18.6. The Kier molecular flexibility index (Phi) is 19.2. The lowest BCUT2D eigenvalue weighted by Gasteiger charge is -2.49. The number of ether oxygens (including phenoxy) is 3. The van der Waals surface area contributed by atoms with Crippen molar-refractivity contribution in [1.82, 2.24) is 19.5 Å². The van der Waals surface area contributed by atoms with Crippen LogP contribution in [0.4, 0.5) is 5.95 Å². The van der Waals surface area contributed by atoms with Gasteiger partial charge in [-0.1, -0.05) is 111 Å². The maximum absolute atomic E-state index is 12.9. The summed E-state index contributed by atoms with van der Waals surface area (Å²) in [5.74, 6) is 0.00369. The van der Waals surface area contributed by atoms with Gasteiger partial charge >= 0.3 is 34.2 Å². The van der Waals surface area contributed by atoms with Crippen LogP contribution < -0.4 is 11.3 Å². The van der Waals surface area contributed by atoms with Crippen molar-refractivity contribution in [2.75, 3.05) is 53.0 Å². The quantitative estimate of drug-likeness (QED) is 0.0678. The minimum absolute atomic E-state index is 0.00369. The normalized spacial score (nSPS) is 18.9. The minimum atomic E-state index is -3.17. The maximum Gasteiger partial charge on any atom is 0.335 e. The van der Waals surface area contributed by atoms with Gasteiger partial charge in [0.15, 0.2) is 11.2 Å². The minimum Gasteiger partial charge on any atom is -0.414 e. The fourth-order valence-corrected chi connectivity index (χ4v) is 31.1. The number of hydrogen-bond donors (Lipinski definition) is 2. The number of nitrogens with zero attached hydrogens (tertiary/aromatic N) is 3. The van der Waals surface area contributed by atoms with Crippen molar-refractivity contribution < 1.29 is 40.1 Å². The highest BCUT2D eigenvalue weighted by atomic mass is 28.5. The molecule has 3 rings (SSSR count). The van der Waals surface area contributed by atoms with E-state index >= 15 is 0 Å². The SMILES string of the molecule is COCCO[Si](O[Si](OC[C@H]1O[C@@H](n2cnc3c(=O)[nH]c(N)nc32)C[C@@H]1O[Si](O[Si](OCCOC)(C(C)C)C(C)C)(C(C)C)C(C)C)(C(C)C)C(C)C)(C(C)C)C(C)C. The van der Waals surface area contributed by atoms with E-state index in [2.05, 4.69) is 126 Å². The van der Waals surface area contributed by atoms with Gasteiger partial charge < -0.3 is 45.9 Å². The first-order valence-corrected chi connectivity index (χ1v) is 29.8. The van der Waals surface area contributed by atoms with Gasteiger partial charge in [0.25, 0.3) is 5.56 Å². The van der Waals surface area contributed by atoms with E-state index in [0.29, 0.717) is 38.5 Å². The van der Waals surface area contributed by atoms with E-state index in [4.69, 9.17) is 45.9 Å². The van der Waals surface area contributed by atoms with Crippen molar-refractivity contribution in [3.63, 3.8) is 0 Å². The maximum atomic E-state index is 12.9. The molecule has 1 aliphatic heterocycles. The predicted molar refractivity (Wildman–Crippen MR) is 244 cm³/mol. The first-order chi connectivity index (χ1) is 27.5.